The second-order valence-corrected chi connectivity index (χ2v) is 8.78. The van der Waals surface area contributed by atoms with Crippen molar-refractivity contribution in [1.29, 1.82) is 0 Å². The summed E-state index contributed by atoms with van der Waals surface area (Å²) in [6.07, 6.45) is 0. The Kier molecular flexibility index (Phi) is 5.48. The van der Waals surface area contributed by atoms with Crippen LogP contribution < -0.4 is 10.1 Å². The predicted molar refractivity (Wildman–Crippen MR) is 121 cm³/mol. The van der Waals surface area contributed by atoms with Crippen molar-refractivity contribution in [2.75, 3.05) is 12.4 Å². The number of hydrogen-bond donors (Lipinski definition) is 1. The van der Waals surface area contributed by atoms with E-state index in [2.05, 4.69) is 37.2 Å². The zero-order valence-electron chi connectivity index (χ0n) is 14.7. The van der Waals surface area contributed by atoms with Crippen LogP contribution in [0.2, 0.25) is 0 Å². The van der Waals surface area contributed by atoms with Gasteiger partial charge in [-0.15, -0.1) is 11.3 Å². The van der Waals surface area contributed by atoms with Gasteiger partial charge in [0, 0.05) is 20.1 Å². The molecule has 0 aliphatic heterocycles. The quantitative estimate of drug-likeness (QED) is 0.325. The number of hydrogen-bond acceptors (Lipinski definition) is 4. The van der Waals surface area contributed by atoms with E-state index >= 15 is 0 Å². The van der Waals surface area contributed by atoms with E-state index in [1.165, 1.54) is 0 Å². The van der Waals surface area contributed by atoms with Crippen molar-refractivity contribution in [2.24, 2.45) is 0 Å². The molecule has 0 spiro atoms. The molecule has 1 heterocycles. The summed E-state index contributed by atoms with van der Waals surface area (Å²) in [6.45, 7) is 0. The van der Waals surface area contributed by atoms with Gasteiger partial charge in [-0.3, -0.25) is 4.79 Å². The molecule has 0 unspecified atom stereocenters. The molecule has 0 aliphatic rings. The van der Waals surface area contributed by atoms with Gasteiger partial charge in [0.05, 0.1) is 23.0 Å². The first-order valence-corrected chi connectivity index (χ1v) is 10.8. The number of fused-ring (bicyclic) bond motifs is 1. The van der Waals surface area contributed by atoms with Gasteiger partial charge in [-0.05, 0) is 64.5 Å². The number of ether oxygens (including phenoxy) is 1. The van der Waals surface area contributed by atoms with Gasteiger partial charge >= 0.3 is 0 Å². The first-order valence-electron chi connectivity index (χ1n) is 8.35. The number of carbonyl (C=O) groups excluding carboxylic acids is 1. The minimum absolute atomic E-state index is 0.201. The van der Waals surface area contributed by atoms with E-state index < -0.39 is 0 Å². The van der Waals surface area contributed by atoms with Crippen molar-refractivity contribution in [2.45, 2.75) is 0 Å². The molecular formula is C21H14Br2N2O2S. The van der Waals surface area contributed by atoms with Crippen molar-refractivity contribution < 1.29 is 9.53 Å². The molecule has 1 amide bonds. The van der Waals surface area contributed by atoms with Crippen molar-refractivity contribution in [3.05, 3.63) is 75.2 Å². The Labute approximate surface area is 182 Å². The van der Waals surface area contributed by atoms with Crippen LogP contribution in [0.5, 0.6) is 5.75 Å². The van der Waals surface area contributed by atoms with Gasteiger partial charge in [0.2, 0.25) is 0 Å². The first kappa shape index (κ1) is 19.1. The average molecular weight is 518 g/mol. The Morgan fingerprint density at radius 1 is 1.07 bits per heavy atom. The van der Waals surface area contributed by atoms with E-state index in [0.717, 1.165) is 29.7 Å². The molecule has 4 aromatic rings. The van der Waals surface area contributed by atoms with E-state index in [1.807, 2.05) is 36.4 Å². The zero-order chi connectivity index (χ0) is 19.7. The highest BCUT2D eigenvalue weighted by Crippen LogP contribution is 2.40. The fraction of sp³-hybridized carbons (Fsp3) is 0.0476. The third-order valence-electron chi connectivity index (χ3n) is 4.17. The SMILES string of the molecule is COc1ccc(C(=O)Nc2c(Br)cc(Br)cc2-c2nc3ccccc3s2)cc1. The molecule has 0 saturated carbocycles. The summed E-state index contributed by atoms with van der Waals surface area (Å²) in [6, 6.07) is 18.8. The van der Waals surface area contributed by atoms with E-state index in [0.29, 0.717) is 17.0 Å². The molecular weight excluding hydrogens is 504 g/mol. The van der Waals surface area contributed by atoms with Crippen LogP contribution in [0.1, 0.15) is 10.4 Å². The number of thiazole rings is 1. The maximum Gasteiger partial charge on any atom is 0.255 e. The van der Waals surface area contributed by atoms with Gasteiger partial charge in [0.15, 0.2) is 0 Å². The third kappa shape index (κ3) is 3.83. The molecule has 0 aliphatic carbocycles. The smallest absolute Gasteiger partial charge is 0.255 e. The Bertz CT molecular complexity index is 1140. The van der Waals surface area contributed by atoms with E-state index in [-0.39, 0.29) is 5.91 Å². The average Bonchev–Trinajstić information content (AvgIpc) is 3.14. The molecule has 4 rings (SSSR count). The number of para-hydroxylation sites is 1. The minimum atomic E-state index is -0.201. The van der Waals surface area contributed by atoms with Gasteiger partial charge in [-0.2, -0.15) is 0 Å². The largest absolute Gasteiger partial charge is 0.497 e. The molecule has 3 aromatic carbocycles. The van der Waals surface area contributed by atoms with E-state index in [9.17, 15) is 4.79 Å². The van der Waals surface area contributed by atoms with Crippen molar-refractivity contribution in [1.82, 2.24) is 4.98 Å². The number of aromatic nitrogens is 1. The Morgan fingerprint density at radius 2 is 1.82 bits per heavy atom. The summed E-state index contributed by atoms with van der Waals surface area (Å²) in [5.74, 6) is 0.504. The number of halogens is 2. The first-order chi connectivity index (χ1) is 13.5. The summed E-state index contributed by atoms with van der Waals surface area (Å²) < 4.78 is 7.93. The summed E-state index contributed by atoms with van der Waals surface area (Å²) in [7, 11) is 1.60. The monoisotopic (exact) mass is 516 g/mol. The van der Waals surface area contributed by atoms with Crippen molar-refractivity contribution >= 4 is 65.0 Å². The minimum Gasteiger partial charge on any atom is -0.497 e. The van der Waals surface area contributed by atoms with Crippen LogP contribution in [-0.2, 0) is 0 Å². The van der Waals surface area contributed by atoms with Crippen LogP contribution in [0.25, 0.3) is 20.8 Å². The number of nitrogens with one attached hydrogen (secondary N) is 1. The lowest BCUT2D eigenvalue weighted by atomic mass is 10.1. The van der Waals surface area contributed by atoms with Gasteiger partial charge in [-0.1, -0.05) is 28.1 Å². The maximum absolute atomic E-state index is 12.8. The predicted octanol–water partition coefficient (Wildman–Crippen LogP) is 6.75. The molecule has 0 radical (unpaired) electrons. The molecule has 1 aromatic heterocycles. The van der Waals surface area contributed by atoms with Crippen molar-refractivity contribution in [3.63, 3.8) is 0 Å². The van der Waals surface area contributed by atoms with E-state index in [4.69, 9.17) is 9.72 Å². The topological polar surface area (TPSA) is 51.2 Å². The second-order valence-electron chi connectivity index (χ2n) is 5.98. The number of rotatable bonds is 4. The van der Waals surface area contributed by atoms with Crippen LogP contribution >= 0.6 is 43.2 Å². The highest BCUT2D eigenvalue weighted by molar-refractivity contribution is 9.11. The molecule has 0 bridgehead atoms. The third-order valence-corrected chi connectivity index (χ3v) is 6.32. The summed E-state index contributed by atoms with van der Waals surface area (Å²) >= 11 is 8.70. The van der Waals surface area contributed by atoms with Crippen LogP contribution in [0.15, 0.2) is 69.6 Å². The van der Waals surface area contributed by atoms with Gasteiger partial charge in [-0.25, -0.2) is 4.98 Å². The molecule has 0 saturated heterocycles. The lowest BCUT2D eigenvalue weighted by Gasteiger charge is -2.13. The number of amides is 1. The second kappa shape index (κ2) is 8.03. The van der Waals surface area contributed by atoms with Gasteiger partial charge < -0.3 is 10.1 Å². The fourth-order valence-electron chi connectivity index (χ4n) is 2.78. The van der Waals surface area contributed by atoms with Gasteiger partial charge in [0.1, 0.15) is 10.8 Å². The van der Waals surface area contributed by atoms with Crippen LogP contribution in [0.4, 0.5) is 5.69 Å². The number of anilines is 1. The number of carbonyl (C=O) groups is 1. The lowest BCUT2D eigenvalue weighted by Crippen LogP contribution is -2.13. The van der Waals surface area contributed by atoms with Crippen LogP contribution in [0.3, 0.4) is 0 Å². The number of nitrogens with zero attached hydrogens (tertiary/aromatic N) is 1. The molecule has 140 valence electrons. The number of methoxy groups -OCH3 is 1. The molecule has 1 N–H and O–H groups in total. The van der Waals surface area contributed by atoms with Crippen molar-refractivity contribution in [3.8, 4) is 16.3 Å². The molecule has 28 heavy (non-hydrogen) atoms. The van der Waals surface area contributed by atoms with E-state index in [1.54, 1.807) is 42.7 Å². The highest BCUT2D eigenvalue weighted by atomic mass is 79.9. The Morgan fingerprint density at radius 3 is 2.54 bits per heavy atom. The lowest BCUT2D eigenvalue weighted by molar-refractivity contribution is 0.102. The van der Waals surface area contributed by atoms with Gasteiger partial charge in [0.25, 0.3) is 5.91 Å². The van der Waals surface area contributed by atoms with Crippen LogP contribution in [-0.4, -0.2) is 18.0 Å². The summed E-state index contributed by atoms with van der Waals surface area (Å²) in [5.41, 5.74) is 3.02. The molecule has 0 fully saturated rings. The summed E-state index contributed by atoms with van der Waals surface area (Å²) in [5, 5.41) is 3.86. The normalized spacial score (nSPS) is 10.8. The van der Waals surface area contributed by atoms with Crippen LogP contribution in [0, 0.1) is 0 Å². The highest BCUT2D eigenvalue weighted by Gasteiger charge is 2.17. The standard InChI is InChI=1S/C21H14Br2N2O2S/c1-27-14-8-6-12(7-9-14)20(26)25-19-15(10-13(22)11-16(19)23)21-24-17-4-2-3-5-18(17)28-21/h2-11H,1H3,(H,25,26). The Balaban J connectivity index is 1.74. The summed E-state index contributed by atoms with van der Waals surface area (Å²) in [4.78, 5) is 17.5. The number of benzene rings is 3. The molecule has 0 atom stereocenters. The zero-order valence-corrected chi connectivity index (χ0v) is 18.7. The molecule has 4 nitrogen and oxygen atoms in total. The fourth-order valence-corrected chi connectivity index (χ4v) is 5.10. The molecule has 7 heteroatoms. The maximum atomic E-state index is 12.8. The Hall–Kier alpha value is -2.22.